The second-order valence-electron chi connectivity index (χ2n) is 8.92. The Bertz CT molecular complexity index is 1420. The molecule has 1 aliphatic heterocycles. The molecular weight excluding hydrogens is 453 g/mol. The SMILES string of the molecule is Cc1cc(Nc2ncc(C)c(-c3nc4c(s3)C(C)(C)N(Cc3cccc(F)c3)C4=O)n2)n(C)n1. The molecule has 0 atom stereocenters. The van der Waals surface area contributed by atoms with Crippen LogP contribution in [0.5, 0.6) is 0 Å². The summed E-state index contributed by atoms with van der Waals surface area (Å²) in [5, 5.41) is 8.19. The molecule has 10 heteroatoms. The molecule has 0 spiro atoms. The van der Waals surface area contributed by atoms with Crippen LogP contribution in [-0.4, -0.2) is 35.5 Å². The van der Waals surface area contributed by atoms with Crippen LogP contribution in [0.4, 0.5) is 16.2 Å². The van der Waals surface area contributed by atoms with E-state index in [1.807, 2.05) is 46.9 Å². The number of thiazole rings is 1. The first-order valence-electron chi connectivity index (χ1n) is 10.8. The molecule has 0 saturated heterocycles. The van der Waals surface area contributed by atoms with Gasteiger partial charge in [0.1, 0.15) is 28.0 Å². The molecule has 1 aromatic carbocycles. The average molecular weight is 478 g/mol. The van der Waals surface area contributed by atoms with Crippen molar-refractivity contribution in [2.24, 2.45) is 7.05 Å². The van der Waals surface area contributed by atoms with Gasteiger partial charge in [-0.25, -0.2) is 19.3 Å². The number of anilines is 2. The van der Waals surface area contributed by atoms with E-state index in [-0.39, 0.29) is 11.7 Å². The number of nitrogens with one attached hydrogen (secondary N) is 1. The van der Waals surface area contributed by atoms with Crippen molar-refractivity contribution < 1.29 is 9.18 Å². The molecule has 0 saturated carbocycles. The first-order valence-corrected chi connectivity index (χ1v) is 11.6. The largest absolute Gasteiger partial charge is 0.323 e. The summed E-state index contributed by atoms with van der Waals surface area (Å²) in [6, 6.07) is 8.24. The van der Waals surface area contributed by atoms with E-state index in [1.54, 1.807) is 21.8 Å². The number of carbonyl (C=O) groups excluding carboxylic acids is 1. The van der Waals surface area contributed by atoms with Crippen LogP contribution < -0.4 is 5.32 Å². The zero-order valence-electron chi connectivity index (χ0n) is 19.5. The summed E-state index contributed by atoms with van der Waals surface area (Å²) in [7, 11) is 1.85. The summed E-state index contributed by atoms with van der Waals surface area (Å²) in [5.74, 6) is 0.722. The Labute approximate surface area is 200 Å². The van der Waals surface area contributed by atoms with E-state index in [1.165, 1.54) is 23.5 Å². The quantitative estimate of drug-likeness (QED) is 0.447. The van der Waals surface area contributed by atoms with Gasteiger partial charge in [0.25, 0.3) is 5.91 Å². The van der Waals surface area contributed by atoms with Crippen molar-refractivity contribution >= 4 is 29.0 Å². The van der Waals surface area contributed by atoms with E-state index in [4.69, 9.17) is 4.98 Å². The van der Waals surface area contributed by atoms with Crippen molar-refractivity contribution in [2.45, 2.75) is 39.8 Å². The highest BCUT2D eigenvalue weighted by molar-refractivity contribution is 7.15. The Morgan fingerprint density at radius 2 is 1.94 bits per heavy atom. The molecular formula is C24H24FN7OS. The van der Waals surface area contributed by atoms with Gasteiger partial charge in [-0.3, -0.25) is 9.48 Å². The number of rotatable bonds is 5. The Hall–Kier alpha value is -3.66. The molecule has 0 fully saturated rings. The number of nitrogens with zero attached hydrogens (tertiary/aromatic N) is 6. The lowest BCUT2D eigenvalue weighted by Crippen LogP contribution is -2.38. The van der Waals surface area contributed by atoms with Crippen molar-refractivity contribution in [3.05, 3.63) is 69.7 Å². The van der Waals surface area contributed by atoms with Crippen molar-refractivity contribution in [3.8, 4) is 10.7 Å². The summed E-state index contributed by atoms with van der Waals surface area (Å²) in [6.07, 6.45) is 1.74. The van der Waals surface area contributed by atoms with Crippen molar-refractivity contribution in [1.82, 2.24) is 29.6 Å². The summed E-state index contributed by atoms with van der Waals surface area (Å²) < 4.78 is 15.4. The maximum Gasteiger partial charge on any atom is 0.274 e. The molecule has 8 nitrogen and oxygen atoms in total. The number of aryl methyl sites for hydroxylation is 3. The lowest BCUT2D eigenvalue weighted by Gasteiger charge is -2.32. The number of halogens is 1. The summed E-state index contributed by atoms with van der Waals surface area (Å²) in [5.41, 5.74) is 3.01. The smallest absolute Gasteiger partial charge is 0.274 e. The van der Waals surface area contributed by atoms with Crippen LogP contribution in [0, 0.1) is 19.7 Å². The van der Waals surface area contributed by atoms with Gasteiger partial charge >= 0.3 is 0 Å². The fourth-order valence-corrected chi connectivity index (χ4v) is 5.36. The fourth-order valence-electron chi connectivity index (χ4n) is 4.13. The van der Waals surface area contributed by atoms with E-state index < -0.39 is 5.54 Å². The fraction of sp³-hybridized carbons (Fsp3) is 0.292. The molecule has 1 amide bonds. The second kappa shape index (κ2) is 7.98. The van der Waals surface area contributed by atoms with Crippen molar-refractivity contribution in [3.63, 3.8) is 0 Å². The van der Waals surface area contributed by atoms with E-state index in [2.05, 4.69) is 20.4 Å². The Morgan fingerprint density at radius 3 is 2.62 bits per heavy atom. The van der Waals surface area contributed by atoms with Crippen LogP contribution in [0.3, 0.4) is 0 Å². The first kappa shape index (κ1) is 22.1. The number of hydrogen-bond donors (Lipinski definition) is 1. The molecule has 4 aromatic rings. The van der Waals surface area contributed by atoms with Gasteiger partial charge in [0.15, 0.2) is 0 Å². The maximum absolute atomic E-state index is 13.7. The number of carbonyl (C=O) groups is 1. The molecule has 5 rings (SSSR count). The zero-order chi connectivity index (χ0) is 24.2. The number of amides is 1. The summed E-state index contributed by atoms with van der Waals surface area (Å²) >= 11 is 1.46. The summed E-state index contributed by atoms with van der Waals surface area (Å²) in [4.78, 5) is 29.7. The van der Waals surface area contributed by atoms with Gasteiger partial charge in [0, 0.05) is 25.9 Å². The molecule has 1 N–H and O–H groups in total. The molecule has 34 heavy (non-hydrogen) atoms. The van der Waals surface area contributed by atoms with Crippen LogP contribution in [0.25, 0.3) is 10.7 Å². The molecule has 0 radical (unpaired) electrons. The standard InChI is InChI=1S/C24H24FN7OS/c1-13-11-26-23(27-17-9-14(2)30-31(17)5)29-18(13)21-28-19-20(34-21)24(3,4)32(22(19)33)12-15-7-6-8-16(25)10-15/h6-11H,12H2,1-5H3,(H,26,27,29). The van der Waals surface area contributed by atoms with E-state index >= 15 is 0 Å². The van der Waals surface area contributed by atoms with Gasteiger partial charge in [-0.2, -0.15) is 5.10 Å². The van der Waals surface area contributed by atoms with Crippen molar-refractivity contribution in [1.29, 1.82) is 0 Å². The lowest BCUT2D eigenvalue weighted by atomic mass is 10.0. The Balaban J connectivity index is 1.46. The molecule has 0 unspecified atom stereocenters. The topological polar surface area (TPSA) is 88.8 Å². The van der Waals surface area contributed by atoms with Gasteiger partial charge in [-0.05, 0) is 51.0 Å². The van der Waals surface area contributed by atoms with Gasteiger partial charge < -0.3 is 10.2 Å². The Morgan fingerprint density at radius 1 is 1.15 bits per heavy atom. The second-order valence-corrected chi connectivity index (χ2v) is 9.92. The summed E-state index contributed by atoms with van der Waals surface area (Å²) in [6.45, 7) is 8.13. The predicted octanol–water partition coefficient (Wildman–Crippen LogP) is 4.72. The van der Waals surface area contributed by atoms with E-state index in [0.29, 0.717) is 28.9 Å². The first-order chi connectivity index (χ1) is 16.1. The number of fused-ring (bicyclic) bond motifs is 1. The molecule has 1 aliphatic rings. The minimum absolute atomic E-state index is 0.165. The predicted molar refractivity (Wildman–Crippen MR) is 128 cm³/mol. The van der Waals surface area contributed by atoms with Crippen LogP contribution in [0.15, 0.2) is 36.5 Å². The molecule has 174 valence electrons. The number of hydrogen-bond acceptors (Lipinski definition) is 7. The third kappa shape index (κ3) is 3.73. The number of benzene rings is 1. The van der Waals surface area contributed by atoms with Crippen LogP contribution in [0.2, 0.25) is 0 Å². The lowest BCUT2D eigenvalue weighted by molar-refractivity contribution is 0.0595. The molecule has 3 aromatic heterocycles. The highest BCUT2D eigenvalue weighted by Gasteiger charge is 2.46. The van der Waals surface area contributed by atoms with E-state index in [9.17, 15) is 9.18 Å². The Kier molecular flexibility index (Phi) is 5.20. The third-order valence-corrected chi connectivity index (χ3v) is 7.33. The van der Waals surface area contributed by atoms with Crippen molar-refractivity contribution in [2.75, 3.05) is 5.32 Å². The minimum atomic E-state index is -0.580. The van der Waals surface area contributed by atoms with E-state index in [0.717, 1.165) is 27.5 Å². The van der Waals surface area contributed by atoms with Crippen LogP contribution in [0.1, 0.15) is 46.0 Å². The van der Waals surface area contributed by atoms with Gasteiger partial charge in [-0.1, -0.05) is 12.1 Å². The third-order valence-electron chi connectivity index (χ3n) is 5.95. The maximum atomic E-state index is 13.7. The highest BCUT2D eigenvalue weighted by atomic mass is 32.1. The molecule has 0 bridgehead atoms. The minimum Gasteiger partial charge on any atom is -0.323 e. The number of aromatic nitrogens is 5. The van der Waals surface area contributed by atoms with Gasteiger partial charge in [0.2, 0.25) is 5.95 Å². The molecule has 0 aliphatic carbocycles. The van der Waals surface area contributed by atoms with Crippen LogP contribution >= 0.6 is 11.3 Å². The average Bonchev–Trinajstić information content (AvgIpc) is 3.40. The zero-order valence-corrected chi connectivity index (χ0v) is 20.4. The molecule has 4 heterocycles. The monoisotopic (exact) mass is 477 g/mol. The van der Waals surface area contributed by atoms with Gasteiger partial charge in [-0.15, -0.1) is 11.3 Å². The highest BCUT2D eigenvalue weighted by Crippen LogP contribution is 2.45. The normalized spacial score (nSPS) is 14.5. The van der Waals surface area contributed by atoms with Crippen LogP contribution in [-0.2, 0) is 19.1 Å². The van der Waals surface area contributed by atoms with Gasteiger partial charge in [0.05, 0.1) is 16.1 Å².